The molecule has 168 valence electrons. The van der Waals surface area contributed by atoms with Gasteiger partial charge in [0.25, 0.3) is 0 Å². The second-order valence-corrected chi connectivity index (χ2v) is 7.75. The Morgan fingerprint density at radius 3 is 2.71 bits per heavy atom. The van der Waals surface area contributed by atoms with Gasteiger partial charge in [-0.25, -0.2) is 14.8 Å². The third kappa shape index (κ3) is 6.22. The molecular formula is C21H24ClF3N4O2. The standard InChI is InChI=1S/C21H24ClF3N4O2/c1-2-3-11-31-20(30)29-10-4-5-15(13-29)14-6-8-16(9-7-14)27-19-26-12-17(18(22)28-19)21(23,24)25/h6-9,12,15H,2-5,10-11,13H2,1H3,(H,26,27,28). The summed E-state index contributed by atoms with van der Waals surface area (Å²) in [6, 6.07) is 7.43. The zero-order valence-corrected chi connectivity index (χ0v) is 17.8. The van der Waals surface area contributed by atoms with Gasteiger partial charge in [0.15, 0.2) is 0 Å². The fourth-order valence-electron chi connectivity index (χ4n) is 3.39. The number of anilines is 2. The summed E-state index contributed by atoms with van der Waals surface area (Å²) in [7, 11) is 0. The average molecular weight is 457 g/mol. The number of likely N-dealkylation sites (tertiary alicyclic amines) is 1. The number of halogens is 4. The Morgan fingerprint density at radius 2 is 2.06 bits per heavy atom. The van der Waals surface area contributed by atoms with Crippen molar-refractivity contribution in [1.29, 1.82) is 0 Å². The number of nitrogens with zero attached hydrogens (tertiary/aromatic N) is 3. The van der Waals surface area contributed by atoms with Gasteiger partial charge in [-0.3, -0.25) is 0 Å². The summed E-state index contributed by atoms with van der Waals surface area (Å²) < 4.78 is 43.6. The van der Waals surface area contributed by atoms with Crippen molar-refractivity contribution in [3.05, 3.63) is 46.7 Å². The Hall–Kier alpha value is -2.55. The van der Waals surface area contributed by atoms with Crippen LogP contribution in [0.5, 0.6) is 0 Å². The number of ether oxygens (including phenoxy) is 1. The monoisotopic (exact) mass is 456 g/mol. The third-order valence-corrected chi connectivity index (χ3v) is 5.38. The van der Waals surface area contributed by atoms with Crippen LogP contribution in [0.4, 0.5) is 29.6 Å². The first kappa shape index (κ1) is 23.1. The smallest absolute Gasteiger partial charge is 0.420 e. The van der Waals surface area contributed by atoms with Crippen molar-refractivity contribution in [2.45, 2.75) is 44.7 Å². The largest absolute Gasteiger partial charge is 0.449 e. The average Bonchev–Trinajstić information content (AvgIpc) is 2.73. The van der Waals surface area contributed by atoms with E-state index >= 15 is 0 Å². The van der Waals surface area contributed by atoms with Crippen LogP contribution < -0.4 is 5.32 Å². The summed E-state index contributed by atoms with van der Waals surface area (Å²) in [6.07, 6.45) is -0.539. The molecule has 10 heteroatoms. The van der Waals surface area contributed by atoms with Crippen molar-refractivity contribution in [2.24, 2.45) is 0 Å². The Morgan fingerprint density at radius 1 is 1.32 bits per heavy atom. The number of hydrogen-bond donors (Lipinski definition) is 1. The Balaban J connectivity index is 1.61. The molecular weight excluding hydrogens is 433 g/mol. The quantitative estimate of drug-likeness (QED) is 0.426. The number of hydrogen-bond acceptors (Lipinski definition) is 5. The molecule has 2 aromatic rings. The van der Waals surface area contributed by atoms with Crippen LogP contribution in [0.15, 0.2) is 30.5 Å². The lowest BCUT2D eigenvalue weighted by Gasteiger charge is -2.32. The summed E-state index contributed by atoms with van der Waals surface area (Å²) in [5.74, 6) is 0.169. The summed E-state index contributed by atoms with van der Waals surface area (Å²) in [5, 5.41) is 2.19. The fraction of sp³-hybridized carbons (Fsp3) is 0.476. The van der Waals surface area contributed by atoms with Crippen molar-refractivity contribution >= 4 is 29.3 Å². The molecule has 1 saturated heterocycles. The maximum absolute atomic E-state index is 12.8. The number of carbonyl (C=O) groups excluding carboxylic acids is 1. The zero-order valence-electron chi connectivity index (χ0n) is 17.1. The number of amides is 1. The molecule has 6 nitrogen and oxygen atoms in total. The van der Waals surface area contributed by atoms with Gasteiger partial charge in [-0.15, -0.1) is 0 Å². The lowest BCUT2D eigenvalue weighted by molar-refractivity contribution is -0.137. The minimum Gasteiger partial charge on any atom is -0.449 e. The van der Waals surface area contributed by atoms with Crippen molar-refractivity contribution in [2.75, 3.05) is 25.0 Å². The van der Waals surface area contributed by atoms with E-state index in [-0.39, 0.29) is 18.0 Å². The summed E-state index contributed by atoms with van der Waals surface area (Å²) in [6.45, 7) is 3.76. The maximum atomic E-state index is 12.8. The van der Waals surface area contributed by atoms with Gasteiger partial charge in [-0.05, 0) is 37.0 Å². The van der Waals surface area contributed by atoms with Crippen LogP contribution in [-0.2, 0) is 10.9 Å². The molecule has 1 fully saturated rings. The topological polar surface area (TPSA) is 67.3 Å². The van der Waals surface area contributed by atoms with Gasteiger partial charge < -0.3 is 15.0 Å². The highest BCUT2D eigenvalue weighted by Crippen LogP contribution is 2.34. The normalized spacial score (nSPS) is 16.8. The molecule has 0 bridgehead atoms. The molecule has 3 rings (SSSR count). The van der Waals surface area contributed by atoms with E-state index in [4.69, 9.17) is 16.3 Å². The van der Waals surface area contributed by atoms with Gasteiger partial charge in [-0.2, -0.15) is 13.2 Å². The minimum absolute atomic E-state index is 0.0237. The van der Waals surface area contributed by atoms with Gasteiger partial charge in [0.2, 0.25) is 5.95 Å². The minimum atomic E-state index is -4.60. The van der Waals surface area contributed by atoms with E-state index in [9.17, 15) is 18.0 Å². The molecule has 1 aliphatic heterocycles. The lowest BCUT2D eigenvalue weighted by atomic mass is 9.91. The van der Waals surface area contributed by atoms with Gasteiger partial charge in [-0.1, -0.05) is 37.1 Å². The highest BCUT2D eigenvalue weighted by atomic mass is 35.5. The van der Waals surface area contributed by atoms with Crippen molar-refractivity contribution < 1.29 is 22.7 Å². The van der Waals surface area contributed by atoms with Crippen LogP contribution in [0.3, 0.4) is 0 Å². The van der Waals surface area contributed by atoms with Crippen LogP contribution in [0.1, 0.15) is 49.7 Å². The lowest BCUT2D eigenvalue weighted by Crippen LogP contribution is -2.39. The molecule has 0 aliphatic carbocycles. The Kier molecular flexibility index (Phi) is 7.59. The predicted molar refractivity (Wildman–Crippen MR) is 112 cm³/mol. The second kappa shape index (κ2) is 10.2. The Labute approximate surface area is 183 Å². The van der Waals surface area contributed by atoms with E-state index in [1.807, 2.05) is 19.1 Å². The number of alkyl halides is 3. The molecule has 2 heterocycles. The summed E-state index contributed by atoms with van der Waals surface area (Å²) >= 11 is 5.63. The number of benzene rings is 1. The van der Waals surface area contributed by atoms with Crippen LogP contribution in [-0.4, -0.2) is 40.7 Å². The zero-order chi connectivity index (χ0) is 22.4. The van der Waals surface area contributed by atoms with Crippen LogP contribution >= 0.6 is 11.6 Å². The Bertz CT molecular complexity index is 893. The molecule has 0 radical (unpaired) electrons. The van der Waals surface area contributed by atoms with Crippen LogP contribution in [0.2, 0.25) is 5.15 Å². The summed E-state index contributed by atoms with van der Waals surface area (Å²) in [4.78, 5) is 21.3. The van der Waals surface area contributed by atoms with E-state index in [0.29, 0.717) is 31.6 Å². The van der Waals surface area contributed by atoms with E-state index in [1.54, 1.807) is 17.0 Å². The predicted octanol–water partition coefficient (Wildman–Crippen LogP) is 6.01. The van der Waals surface area contributed by atoms with E-state index in [0.717, 1.165) is 31.2 Å². The van der Waals surface area contributed by atoms with E-state index in [1.165, 1.54) is 0 Å². The molecule has 0 spiro atoms. The molecule has 1 aliphatic rings. The van der Waals surface area contributed by atoms with E-state index in [2.05, 4.69) is 15.3 Å². The molecule has 1 aromatic carbocycles. The molecule has 1 N–H and O–H groups in total. The van der Waals surface area contributed by atoms with Crippen LogP contribution in [0, 0.1) is 0 Å². The number of piperidine rings is 1. The van der Waals surface area contributed by atoms with Gasteiger partial charge in [0.1, 0.15) is 10.7 Å². The van der Waals surface area contributed by atoms with Crippen LogP contribution in [0.25, 0.3) is 0 Å². The van der Waals surface area contributed by atoms with Crippen molar-refractivity contribution in [1.82, 2.24) is 14.9 Å². The molecule has 1 aromatic heterocycles. The van der Waals surface area contributed by atoms with Gasteiger partial charge >= 0.3 is 12.3 Å². The highest BCUT2D eigenvalue weighted by molar-refractivity contribution is 6.30. The first-order valence-corrected chi connectivity index (χ1v) is 10.5. The molecule has 1 amide bonds. The van der Waals surface area contributed by atoms with Crippen molar-refractivity contribution in [3.8, 4) is 0 Å². The SMILES string of the molecule is CCCCOC(=O)N1CCCC(c2ccc(Nc3ncc(C(F)(F)F)c(Cl)n3)cc2)C1. The molecule has 31 heavy (non-hydrogen) atoms. The molecule has 1 unspecified atom stereocenters. The first-order chi connectivity index (χ1) is 14.8. The number of unbranched alkanes of at least 4 members (excludes halogenated alkanes) is 1. The number of carbonyl (C=O) groups is 1. The van der Waals surface area contributed by atoms with Crippen molar-refractivity contribution in [3.63, 3.8) is 0 Å². The number of rotatable bonds is 6. The second-order valence-electron chi connectivity index (χ2n) is 7.40. The van der Waals surface area contributed by atoms with Gasteiger partial charge in [0, 0.05) is 30.9 Å². The highest BCUT2D eigenvalue weighted by Gasteiger charge is 2.34. The molecule has 1 atom stereocenters. The van der Waals surface area contributed by atoms with E-state index < -0.39 is 16.9 Å². The fourth-order valence-corrected chi connectivity index (χ4v) is 3.63. The molecule has 0 saturated carbocycles. The first-order valence-electron chi connectivity index (χ1n) is 10.2. The number of aromatic nitrogens is 2. The third-order valence-electron chi connectivity index (χ3n) is 5.09. The van der Waals surface area contributed by atoms with Gasteiger partial charge in [0.05, 0.1) is 6.61 Å². The maximum Gasteiger partial charge on any atom is 0.420 e. The summed E-state index contributed by atoms with van der Waals surface area (Å²) in [5.41, 5.74) is 0.610. The number of nitrogens with one attached hydrogen (secondary N) is 1.